The van der Waals surface area contributed by atoms with Gasteiger partial charge in [-0.2, -0.15) is 0 Å². The normalized spacial score (nSPS) is 11.9. The maximum absolute atomic E-state index is 6.67. The minimum atomic E-state index is -1.59. The molecule has 4 aromatic rings. The number of ether oxygens (including phenoxy) is 4. The Kier molecular flexibility index (Phi) is 10.5. The van der Waals surface area contributed by atoms with Gasteiger partial charge in [0.05, 0.1) is 0 Å². The summed E-state index contributed by atoms with van der Waals surface area (Å²) < 4.78 is 26.7. The fraction of sp³-hybridized carbons (Fsp3) is 0.294. The molecule has 1 atom stereocenters. The molecule has 0 fully saturated rings. The standard InChI is InChI=1S/C34H38O4/c1-2-3-4-5-6-19-28-33(35-29-20-11-7-12-21-29)34(36-30-22-13-8-14-23-30,37-31-24-15-9-16-25-31)38-32-26-17-10-18-27-32/h7-18,20-27,33H,2-6,19,28H2,1H3. The maximum Gasteiger partial charge on any atom is 0.456 e. The fourth-order valence-electron chi connectivity index (χ4n) is 4.30. The molecule has 0 N–H and O–H groups in total. The van der Waals surface area contributed by atoms with Crippen molar-refractivity contribution in [1.82, 2.24) is 0 Å². The quantitative estimate of drug-likeness (QED) is 0.111. The van der Waals surface area contributed by atoms with Gasteiger partial charge in [-0.15, -0.1) is 0 Å². The summed E-state index contributed by atoms with van der Waals surface area (Å²) in [5.41, 5.74) is 0. The number of rotatable bonds is 16. The molecule has 0 amide bonds. The van der Waals surface area contributed by atoms with E-state index in [9.17, 15) is 0 Å². The van der Waals surface area contributed by atoms with Crippen LogP contribution < -0.4 is 18.9 Å². The molecule has 0 aliphatic heterocycles. The van der Waals surface area contributed by atoms with E-state index in [1.54, 1.807) is 0 Å². The third-order valence-corrected chi connectivity index (χ3v) is 6.25. The number of unbranched alkanes of at least 4 members (excludes halogenated alkanes) is 5. The van der Waals surface area contributed by atoms with E-state index in [1.165, 1.54) is 25.7 Å². The van der Waals surface area contributed by atoms with Gasteiger partial charge in [-0.25, -0.2) is 0 Å². The second-order valence-electron chi connectivity index (χ2n) is 9.32. The Morgan fingerprint density at radius 1 is 0.474 bits per heavy atom. The summed E-state index contributed by atoms with van der Waals surface area (Å²) in [6.07, 6.45) is 7.10. The van der Waals surface area contributed by atoms with Gasteiger partial charge in [0.1, 0.15) is 23.0 Å². The topological polar surface area (TPSA) is 36.9 Å². The third-order valence-electron chi connectivity index (χ3n) is 6.25. The molecule has 4 heteroatoms. The first-order valence-electron chi connectivity index (χ1n) is 13.7. The lowest BCUT2D eigenvalue weighted by Crippen LogP contribution is -2.59. The zero-order valence-electron chi connectivity index (χ0n) is 22.2. The van der Waals surface area contributed by atoms with Gasteiger partial charge in [-0.1, -0.05) is 112 Å². The van der Waals surface area contributed by atoms with Crippen molar-refractivity contribution in [1.29, 1.82) is 0 Å². The van der Waals surface area contributed by atoms with E-state index in [0.717, 1.165) is 18.6 Å². The molecule has 0 saturated carbocycles. The number of hydrogen-bond donors (Lipinski definition) is 0. The van der Waals surface area contributed by atoms with Gasteiger partial charge in [0.15, 0.2) is 0 Å². The molecule has 0 saturated heterocycles. The molecule has 198 valence electrons. The van der Waals surface area contributed by atoms with Crippen LogP contribution in [0.3, 0.4) is 0 Å². The molecule has 0 radical (unpaired) electrons. The van der Waals surface area contributed by atoms with E-state index >= 15 is 0 Å². The number of hydrogen-bond acceptors (Lipinski definition) is 4. The summed E-state index contributed by atoms with van der Waals surface area (Å²) in [6, 6.07) is 38.7. The Balaban J connectivity index is 1.73. The van der Waals surface area contributed by atoms with Gasteiger partial charge in [-0.3, -0.25) is 0 Å². The largest absolute Gasteiger partial charge is 0.478 e. The van der Waals surface area contributed by atoms with E-state index in [4.69, 9.17) is 18.9 Å². The van der Waals surface area contributed by atoms with Crippen LogP contribution >= 0.6 is 0 Å². The van der Waals surface area contributed by atoms with Gasteiger partial charge < -0.3 is 18.9 Å². The van der Waals surface area contributed by atoms with Crippen LogP contribution in [0.4, 0.5) is 0 Å². The summed E-state index contributed by atoms with van der Waals surface area (Å²) in [7, 11) is 0. The smallest absolute Gasteiger partial charge is 0.456 e. The highest BCUT2D eigenvalue weighted by Gasteiger charge is 2.50. The molecule has 0 aliphatic rings. The lowest BCUT2D eigenvalue weighted by molar-refractivity contribution is -0.297. The fourth-order valence-corrected chi connectivity index (χ4v) is 4.30. The second-order valence-corrected chi connectivity index (χ2v) is 9.32. The molecular weight excluding hydrogens is 472 g/mol. The maximum atomic E-state index is 6.67. The summed E-state index contributed by atoms with van der Waals surface area (Å²) >= 11 is 0. The molecule has 1 unspecified atom stereocenters. The van der Waals surface area contributed by atoms with Gasteiger partial charge in [0.2, 0.25) is 6.10 Å². The van der Waals surface area contributed by atoms with E-state index in [1.807, 2.05) is 121 Å². The predicted molar refractivity (Wildman–Crippen MR) is 153 cm³/mol. The summed E-state index contributed by atoms with van der Waals surface area (Å²) in [6.45, 7) is 2.24. The molecule has 0 bridgehead atoms. The van der Waals surface area contributed by atoms with Crippen molar-refractivity contribution in [3.8, 4) is 23.0 Å². The average molecular weight is 511 g/mol. The minimum Gasteiger partial charge on any atom is -0.478 e. The van der Waals surface area contributed by atoms with Gasteiger partial charge in [0, 0.05) is 0 Å². The molecule has 4 aromatic carbocycles. The van der Waals surface area contributed by atoms with E-state index < -0.39 is 12.1 Å². The molecule has 0 aliphatic carbocycles. The average Bonchev–Trinajstić information content (AvgIpc) is 2.96. The minimum absolute atomic E-state index is 0.573. The Morgan fingerprint density at radius 3 is 1.26 bits per heavy atom. The van der Waals surface area contributed by atoms with Crippen LogP contribution in [-0.4, -0.2) is 12.1 Å². The molecular formula is C34H38O4. The van der Waals surface area contributed by atoms with Crippen LogP contribution in [0.25, 0.3) is 0 Å². The van der Waals surface area contributed by atoms with Crippen LogP contribution in [0.5, 0.6) is 23.0 Å². The highest BCUT2D eigenvalue weighted by Crippen LogP contribution is 2.33. The first kappa shape index (κ1) is 27.1. The van der Waals surface area contributed by atoms with E-state index in [0.29, 0.717) is 23.7 Å². The summed E-state index contributed by atoms with van der Waals surface area (Å²) in [5.74, 6) is 1.03. The lowest BCUT2D eigenvalue weighted by Gasteiger charge is -2.39. The molecule has 0 heterocycles. The summed E-state index contributed by atoms with van der Waals surface area (Å²) in [5, 5.41) is 0. The summed E-state index contributed by atoms with van der Waals surface area (Å²) in [4.78, 5) is 0. The van der Waals surface area contributed by atoms with Crippen molar-refractivity contribution >= 4 is 0 Å². The zero-order chi connectivity index (χ0) is 26.3. The first-order valence-corrected chi connectivity index (χ1v) is 13.7. The first-order chi connectivity index (χ1) is 18.8. The number of para-hydroxylation sites is 4. The van der Waals surface area contributed by atoms with Crippen LogP contribution in [0.2, 0.25) is 0 Å². The molecule has 4 nitrogen and oxygen atoms in total. The molecule has 38 heavy (non-hydrogen) atoms. The predicted octanol–water partition coefficient (Wildman–Crippen LogP) is 9.08. The second kappa shape index (κ2) is 14.7. The van der Waals surface area contributed by atoms with Crippen molar-refractivity contribution in [2.45, 2.75) is 63.9 Å². The van der Waals surface area contributed by atoms with Crippen LogP contribution in [0.1, 0.15) is 51.9 Å². The SMILES string of the molecule is CCCCCCCCC(Oc1ccccc1)C(Oc1ccccc1)(Oc1ccccc1)Oc1ccccc1. The Labute approximate surface area is 227 Å². The van der Waals surface area contributed by atoms with Crippen molar-refractivity contribution in [2.24, 2.45) is 0 Å². The van der Waals surface area contributed by atoms with Crippen molar-refractivity contribution in [3.05, 3.63) is 121 Å². The van der Waals surface area contributed by atoms with Crippen molar-refractivity contribution in [3.63, 3.8) is 0 Å². The third kappa shape index (κ3) is 8.31. The Hall–Kier alpha value is -3.92. The highest BCUT2D eigenvalue weighted by atomic mass is 16.9. The van der Waals surface area contributed by atoms with Crippen molar-refractivity contribution < 1.29 is 18.9 Å². The molecule has 0 aromatic heterocycles. The number of benzene rings is 4. The molecule has 4 rings (SSSR count). The van der Waals surface area contributed by atoms with Gasteiger partial charge >= 0.3 is 5.97 Å². The monoisotopic (exact) mass is 510 g/mol. The lowest BCUT2D eigenvalue weighted by atomic mass is 10.1. The van der Waals surface area contributed by atoms with Gasteiger partial charge in [-0.05, 0) is 61.4 Å². The van der Waals surface area contributed by atoms with E-state index in [2.05, 4.69) is 6.92 Å². The van der Waals surface area contributed by atoms with Gasteiger partial charge in [0.25, 0.3) is 0 Å². The zero-order valence-corrected chi connectivity index (χ0v) is 22.2. The van der Waals surface area contributed by atoms with Crippen molar-refractivity contribution in [2.75, 3.05) is 0 Å². The molecule has 0 spiro atoms. The van der Waals surface area contributed by atoms with Crippen LogP contribution in [-0.2, 0) is 0 Å². The highest BCUT2D eigenvalue weighted by molar-refractivity contribution is 5.28. The van der Waals surface area contributed by atoms with E-state index in [-0.39, 0.29) is 0 Å². The Morgan fingerprint density at radius 2 is 0.842 bits per heavy atom. The van der Waals surface area contributed by atoms with Crippen LogP contribution in [0, 0.1) is 0 Å². The van der Waals surface area contributed by atoms with Crippen LogP contribution in [0.15, 0.2) is 121 Å². The Bertz CT molecular complexity index is 1050.